The highest BCUT2D eigenvalue weighted by molar-refractivity contribution is 5.68. The molecule has 1 aromatic heterocycles. The maximum absolute atomic E-state index is 10.5. The van der Waals surface area contributed by atoms with Gasteiger partial charge in [0.15, 0.2) is 0 Å². The first kappa shape index (κ1) is 6.60. The molecule has 1 aromatic rings. The number of nitrogens with one attached hydrogen (secondary N) is 2. The summed E-state index contributed by atoms with van der Waals surface area (Å²) in [6, 6.07) is 0.194. The van der Waals surface area contributed by atoms with Crippen molar-refractivity contribution < 1.29 is 9.53 Å². The highest BCUT2D eigenvalue weighted by atomic mass is 16.6. The lowest BCUT2D eigenvalue weighted by Gasteiger charge is -1.96. The first-order valence-electron chi connectivity index (χ1n) is 2.72. The summed E-state index contributed by atoms with van der Waals surface area (Å²) in [6.45, 7) is 0. The van der Waals surface area contributed by atoms with Gasteiger partial charge in [0, 0.05) is 19.4 Å². The van der Waals surface area contributed by atoms with Gasteiger partial charge in [0.25, 0.3) is 0 Å². The number of aromatic amines is 1. The van der Waals surface area contributed by atoms with Crippen LogP contribution >= 0.6 is 0 Å². The fourth-order valence-corrected chi connectivity index (χ4v) is 0.445. The van der Waals surface area contributed by atoms with Gasteiger partial charge in [-0.25, -0.2) is 9.78 Å². The molecule has 54 valence electrons. The second-order valence-electron chi connectivity index (χ2n) is 1.53. The minimum Gasteiger partial charge on any atom is -0.376 e. The monoisotopic (exact) mass is 141 g/mol. The van der Waals surface area contributed by atoms with Crippen molar-refractivity contribution in [1.82, 2.24) is 15.3 Å². The van der Waals surface area contributed by atoms with Gasteiger partial charge in [0.2, 0.25) is 0 Å². The van der Waals surface area contributed by atoms with Crippen LogP contribution in [0.3, 0.4) is 0 Å². The van der Waals surface area contributed by atoms with E-state index in [0.29, 0.717) is 0 Å². The number of carbonyl (C=O) groups is 1. The van der Waals surface area contributed by atoms with E-state index in [4.69, 9.17) is 0 Å². The summed E-state index contributed by atoms with van der Waals surface area (Å²) < 4.78 is 4.59. The average Bonchev–Trinajstić information content (AvgIpc) is 2.40. The maximum Gasteiger partial charge on any atom is 0.414 e. The number of hydrogen-bond donors (Lipinski definition) is 2. The molecule has 1 rings (SSSR count). The Hall–Kier alpha value is -1.52. The van der Waals surface area contributed by atoms with Crippen LogP contribution < -0.4 is 10.1 Å². The van der Waals surface area contributed by atoms with Crippen LogP contribution in [0.15, 0.2) is 12.4 Å². The lowest BCUT2D eigenvalue weighted by atomic mass is 11.0. The number of amides is 1. The van der Waals surface area contributed by atoms with E-state index in [-0.39, 0.29) is 6.01 Å². The van der Waals surface area contributed by atoms with Gasteiger partial charge in [-0.05, 0) is 0 Å². The van der Waals surface area contributed by atoms with Gasteiger partial charge < -0.3 is 15.0 Å². The molecule has 0 aliphatic rings. The molecule has 0 aromatic carbocycles. The van der Waals surface area contributed by atoms with Crippen LogP contribution in [0, 0.1) is 0 Å². The predicted molar refractivity (Wildman–Crippen MR) is 33.7 cm³/mol. The molecule has 0 aliphatic carbocycles. The third kappa shape index (κ3) is 1.48. The van der Waals surface area contributed by atoms with Crippen molar-refractivity contribution in [2.45, 2.75) is 0 Å². The van der Waals surface area contributed by atoms with E-state index in [9.17, 15) is 4.79 Å². The first-order chi connectivity index (χ1) is 4.83. The number of aromatic nitrogens is 2. The maximum atomic E-state index is 10.5. The molecule has 0 saturated carbocycles. The Labute approximate surface area is 57.4 Å². The summed E-state index contributed by atoms with van der Waals surface area (Å²) >= 11 is 0. The van der Waals surface area contributed by atoms with Gasteiger partial charge in [-0.15, -0.1) is 0 Å². The van der Waals surface area contributed by atoms with Gasteiger partial charge >= 0.3 is 12.1 Å². The van der Waals surface area contributed by atoms with Gasteiger partial charge in [0.1, 0.15) is 0 Å². The lowest BCUT2D eigenvalue weighted by Crippen LogP contribution is -2.22. The van der Waals surface area contributed by atoms with Gasteiger partial charge in [0.05, 0.1) is 0 Å². The number of ether oxygens (including phenoxy) is 1. The Kier molecular flexibility index (Phi) is 1.89. The van der Waals surface area contributed by atoms with E-state index < -0.39 is 6.09 Å². The van der Waals surface area contributed by atoms with Crippen LogP contribution in [0.5, 0.6) is 6.01 Å². The molecule has 2 N–H and O–H groups in total. The SMILES string of the molecule is CNC(=O)Oc1ncc[nH]1. The molecule has 0 radical (unpaired) electrons. The molecule has 1 heterocycles. The summed E-state index contributed by atoms with van der Waals surface area (Å²) in [5, 5.41) is 2.28. The van der Waals surface area contributed by atoms with E-state index >= 15 is 0 Å². The molecule has 0 atom stereocenters. The highest BCUT2D eigenvalue weighted by Gasteiger charge is 2.00. The van der Waals surface area contributed by atoms with E-state index in [0.717, 1.165) is 0 Å². The van der Waals surface area contributed by atoms with Crippen LogP contribution in [-0.2, 0) is 0 Å². The summed E-state index contributed by atoms with van der Waals surface area (Å²) in [5.41, 5.74) is 0. The molecule has 10 heavy (non-hydrogen) atoms. The van der Waals surface area contributed by atoms with E-state index in [2.05, 4.69) is 20.0 Å². The van der Waals surface area contributed by atoms with E-state index in [1.807, 2.05) is 0 Å². The van der Waals surface area contributed by atoms with Gasteiger partial charge in [-0.2, -0.15) is 0 Å². The number of imidazole rings is 1. The van der Waals surface area contributed by atoms with Gasteiger partial charge in [-0.1, -0.05) is 0 Å². The molecule has 1 amide bonds. The quantitative estimate of drug-likeness (QED) is 0.584. The topological polar surface area (TPSA) is 67.0 Å². The zero-order valence-electron chi connectivity index (χ0n) is 5.42. The van der Waals surface area contributed by atoms with Crippen molar-refractivity contribution in [3.8, 4) is 6.01 Å². The normalized spacial score (nSPS) is 8.90. The third-order valence-corrected chi connectivity index (χ3v) is 0.867. The Balaban J connectivity index is 2.48. The highest BCUT2D eigenvalue weighted by Crippen LogP contribution is 1.97. The van der Waals surface area contributed by atoms with Gasteiger partial charge in [-0.3, -0.25) is 0 Å². The van der Waals surface area contributed by atoms with Crippen LogP contribution in [0.4, 0.5) is 4.79 Å². The Morgan fingerprint density at radius 2 is 2.70 bits per heavy atom. The molecule has 0 saturated heterocycles. The number of rotatable bonds is 1. The van der Waals surface area contributed by atoms with E-state index in [1.165, 1.54) is 13.2 Å². The average molecular weight is 141 g/mol. The summed E-state index contributed by atoms with van der Waals surface area (Å²) in [6.07, 6.45) is 2.53. The van der Waals surface area contributed by atoms with Crippen LogP contribution in [0.1, 0.15) is 0 Å². The van der Waals surface area contributed by atoms with Crippen molar-refractivity contribution in [2.75, 3.05) is 7.05 Å². The Bertz CT molecular complexity index is 207. The van der Waals surface area contributed by atoms with Crippen molar-refractivity contribution in [3.05, 3.63) is 12.4 Å². The number of nitrogens with zero attached hydrogens (tertiary/aromatic N) is 1. The van der Waals surface area contributed by atoms with Crippen molar-refractivity contribution in [2.24, 2.45) is 0 Å². The molecule has 0 fully saturated rings. The zero-order chi connectivity index (χ0) is 7.40. The molecule has 0 spiro atoms. The molecular weight excluding hydrogens is 134 g/mol. The number of carbonyl (C=O) groups excluding carboxylic acids is 1. The third-order valence-electron chi connectivity index (χ3n) is 0.867. The summed E-state index contributed by atoms with van der Waals surface area (Å²) in [4.78, 5) is 16.8. The Morgan fingerprint density at radius 3 is 3.20 bits per heavy atom. The minimum atomic E-state index is -0.532. The molecule has 0 aliphatic heterocycles. The second kappa shape index (κ2) is 2.86. The molecule has 5 heteroatoms. The molecule has 0 unspecified atom stereocenters. The molecule has 5 nitrogen and oxygen atoms in total. The predicted octanol–water partition coefficient (Wildman–Crippen LogP) is 0.128. The first-order valence-corrected chi connectivity index (χ1v) is 2.72. The van der Waals surface area contributed by atoms with Crippen molar-refractivity contribution in [3.63, 3.8) is 0 Å². The van der Waals surface area contributed by atoms with Crippen molar-refractivity contribution in [1.29, 1.82) is 0 Å². The van der Waals surface area contributed by atoms with Crippen molar-refractivity contribution >= 4 is 6.09 Å². The summed E-state index contributed by atoms with van der Waals surface area (Å²) in [7, 11) is 1.48. The fraction of sp³-hybridized carbons (Fsp3) is 0.200. The van der Waals surface area contributed by atoms with Crippen LogP contribution in [0.2, 0.25) is 0 Å². The minimum absolute atomic E-state index is 0.194. The second-order valence-corrected chi connectivity index (χ2v) is 1.53. The van der Waals surface area contributed by atoms with Crippen LogP contribution in [-0.4, -0.2) is 23.1 Å². The number of hydrogen-bond acceptors (Lipinski definition) is 3. The summed E-state index contributed by atoms with van der Waals surface area (Å²) in [5.74, 6) is 0. The smallest absolute Gasteiger partial charge is 0.376 e. The van der Waals surface area contributed by atoms with Crippen LogP contribution in [0.25, 0.3) is 0 Å². The zero-order valence-corrected chi connectivity index (χ0v) is 5.42. The number of H-pyrrole nitrogens is 1. The molecule has 0 bridgehead atoms. The van der Waals surface area contributed by atoms with E-state index in [1.54, 1.807) is 6.20 Å². The molecular formula is C5H7N3O2. The lowest BCUT2D eigenvalue weighted by molar-refractivity contribution is 0.199. The Morgan fingerprint density at radius 1 is 1.90 bits per heavy atom. The fourth-order valence-electron chi connectivity index (χ4n) is 0.445. The standard InChI is InChI=1S/C5H7N3O2/c1-6-5(9)10-4-7-2-3-8-4/h2-3H,1H3,(H,6,9)(H,7,8). The largest absolute Gasteiger partial charge is 0.414 e.